The van der Waals surface area contributed by atoms with E-state index in [1.54, 1.807) is 16.8 Å². The Labute approximate surface area is 96.2 Å². The summed E-state index contributed by atoms with van der Waals surface area (Å²) in [7, 11) is 0. The average Bonchev–Trinajstić information content (AvgIpc) is 2.77. The van der Waals surface area contributed by atoms with Crippen LogP contribution in [-0.4, -0.2) is 9.38 Å². The third kappa shape index (κ3) is 1.49. The maximum absolute atomic E-state index is 13.7. The van der Waals surface area contributed by atoms with E-state index in [1.807, 2.05) is 18.2 Å². The van der Waals surface area contributed by atoms with Gasteiger partial charge in [0, 0.05) is 6.20 Å². The van der Waals surface area contributed by atoms with Gasteiger partial charge in [0.1, 0.15) is 5.82 Å². The van der Waals surface area contributed by atoms with Crippen LogP contribution in [0.1, 0.15) is 0 Å². The van der Waals surface area contributed by atoms with Gasteiger partial charge in [-0.1, -0.05) is 12.1 Å². The van der Waals surface area contributed by atoms with E-state index in [-0.39, 0.29) is 5.56 Å². The van der Waals surface area contributed by atoms with E-state index in [9.17, 15) is 8.78 Å². The van der Waals surface area contributed by atoms with Crippen LogP contribution in [-0.2, 0) is 0 Å². The third-order valence-corrected chi connectivity index (χ3v) is 2.63. The normalized spacial score (nSPS) is 10.9. The smallest absolute Gasteiger partial charge is 0.169 e. The number of benzene rings is 1. The summed E-state index contributed by atoms with van der Waals surface area (Å²) in [6.07, 6.45) is 3.39. The first-order valence-corrected chi connectivity index (χ1v) is 5.14. The molecule has 0 aliphatic carbocycles. The van der Waals surface area contributed by atoms with Crippen molar-refractivity contribution in [1.29, 1.82) is 0 Å². The third-order valence-electron chi connectivity index (χ3n) is 2.63. The molecule has 3 aromatic rings. The Balaban J connectivity index is 2.31. The van der Waals surface area contributed by atoms with Crippen molar-refractivity contribution < 1.29 is 8.78 Å². The predicted molar refractivity (Wildman–Crippen MR) is 60.5 cm³/mol. The van der Waals surface area contributed by atoms with Crippen molar-refractivity contribution in [3.63, 3.8) is 0 Å². The summed E-state index contributed by atoms with van der Waals surface area (Å²) < 4.78 is 28.5. The first-order chi connectivity index (χ1) is 8.27. The van der Waals surface area contributed by atoms with Crippen molar-refractivity contribution in [2.75, 3.05) is 0 Å². The zero-order valence-electron chi connectivity index (χ0n) is 8.77. The minimum Gasteiger partial charge on any atom is -0.300 e. The lowest BCUT2D eigenvalue weighted by atomic mass is 10.2. The number of imidazole rings is 1. The number of rotatable bonds is 1. The van der Waals surface area contributed by atoms with Gasteiger partial charge in [0.05, 0.1) is 17.3 Å². The highest BCUT2D eigenvalue weighted by atomic mass is 19.2. The first-order valence-electron chi connectivity index (χ1n) is 5.14. The number of pyridine rings is 1. The van der Waals surface area contributed by atoms with Crippen LogP contribution in [0.15, 0.2) is 48.8 Å². The second-order valence-electron chi connectivity index (χ2n) is 3.68. The molecule has 84 valence electrons. The maximum Gasteiger partial charge on any atom is 0.169 e. The summed E-state index contributed by atoms with van der Waals surface area (Å²) in [6, 6.07) is 9.61. The van der Waals surface area contributed by atoms with Crippen LogP contribution < -0.4 is 0 Å². The van der Waals surface area contributed by atoms with Gasteiger partial charge in [0.15, 0.2) is 11.6 Å². The molecular formula is C13H8F2N2. The molecule has 2 heterocycles. The molecule has 0 saturated heterocycles. The summed E-state index contributed by atoms with van der Waals surface area (Å²) in [6.45, 7) is 0. The molecule has 4 heteroatoms. The van der Waals surface area contributed by atoms with Gasteiger partial charge in [0.25, 0.3) is 0 Å². The molecule has 0 spiro atoms. The van der Waals surface area contributed by atoms with Gasteiger partial charge in [-0.15, -0.1) is 0 Å². The highest BCUT2D eigenvalue weighted by molar-refractivity contribution is 5.62. The monoisotopic (exact) mass is 230 g/mol. The van der Waals surface area contributed by atoms with Gasteiger partial charge in [-0.25, -0.2) is 13.8 Å². The van der Waals surface area contributed by atoms with Gasteiger partial charge in [0.2, 0.25) is 0 Å². The second-order valence-corrected chi connectivity index (χ2v) is 3.68. The summed E-state index contributed by atoms with van der Waals surface area (Å²) in [5.41, 5.74) is 1.00. The summed E-state index contributed by atoms with van der Waals surface area (Å²) in [5, 5.41) is 0. The minimum absolute atomic E-state index is 0.163. The lowest BCUT2D eigenvalue weighted by molar-refractivity contribution is 0.510. The molecule has 2 aromatic heterocycles. The van der Waals surface area contributed by atoms with Crippen molar-refractivity contribution >= 4 is 5.52 Å². The van der Waals surface area contributed by atoms with Crippen molar-refractivity contribution in [2.24, 2.45) is 0 Å². The van der Waals surface area contributed by atoms with Gasteiger partial charge in [-0.2, -0.15) is 0 Å². The van der Waals surface area contributed by atoms with Gasteiger partial charge in [-0.05, 0) is 24.3 Å². The molecular weight excluding hydrogens is 222 g/mol. The fourth-order valence-corrected chi connectivity index (χ4v) is 1.82. The number of nitrogens with zero attached hydrogens (tertiary/aromatic N) is 2. The largest absolute Gasteiger partial charge is 0.300 e. The predicted octanol–water partition coefficient (Wildman–Crippen LogP) is 3.28. The zero-order chi connectivity index (χ0) is 11.8. The molecule has 0 bridgehead atoms. The highest BCUT2D eigenvalue weighted by Gasteiger charge is 2.13. The number of fused-ring (bicyclic) bond motifs is 1. The SMILES string of the molecule is Fc1cccc(-c2ncc3ccccn23)c1F. The van der Waals surface area contributed by atoms with Crippen molar-refractivity contribution in [3.8, 4) is 11.4 Å². The van der Waals surface area contributed by atoms with E-state index < -0.39 is 11.6 Å². The van der Waals surface area contributed by atoms with E-state index in [0.717, 1.165) is 11.6 Å². The highest BCUT2D eigenvalue weighted by Crippen LogP contribution is 2.24. The van der Waals surface area contributed by atoms with Crippen LogP contribution in [0.5, 0.6) is 0 Å². The summed E-state index contributed by atoms with van der Waals surface area (Å²) >= 11 is 0. The number of halogens is 2. The molecule has 0 amide bonds. The average molecular weight is 230 g/mol. The number of hydrogen-bond donors (Lipinski definition) is 0. The summed E-state index contributed by atoms with van der Waals surface area (Å²) in [5.74, 6) is -1.34. The van der Waals surface area contributed by atoms with Crippen LogP contribution in [0.25, 0.3) is 16.9 Å². The summed E-state index contributed by atoms with van der Waals surface area (Å²) in [4.78, 5) is 4.12. The van der Waals surface area contributed by atoms with Crippen LogP contribution in [0.2, 0.25) is 0 Å². The fourth-order valence-electron chi connectivity index (χ4n) is 1.82. The molecule has 0 atom stereocenters. The van der Waals surface area contributed by atoms with Crippen molar-refractivity contribution in [1.82, 2.24) is 9.38 Å². The molecule has 0 fully saturated rings. The Morgan fingerprint density at radius 3 is 2.76 bits per heavy atom. The maximum atomic E-state index is 13.7. The first kappa shape index (κ1) is 9.96. The van der Waals surface area contributed by atoms with E-state index in [0.29, 0.717) is 5.82 Å². The number of hydrogen-bond acceptors (Lipinski definition) is 1. The van der Waals surface area contributed by atoms with Crippen LogP contribution in [0.3, 0.4) is 0 Å². The molecule has 0 aliphatic rings. The van der Waals surface area contributed by atoms with Crippen LogP contribution >= 0.6 is 0 Å². The lowest BCUT2D eigenvalue weighted by Crippen LogP contribution is -1.94. The van der Waals surface area contributed by atoms with Crippen LogP contribution in [0.4, 0.5) is 8.78 Å². The van der Waals surface area contributed by atoms with Crippen molar-refractivity contribution in [2.45, 2.75) is 0 Å². The molecule has 0 saturated carbocycles. The molecule has 17 heavy (non-hydrogen) atoms. The Morgan fingerprint density at radius 1 is 1.00 bits per heavy atom. The molecule has 0 N–H and O–H groups in total. The zero-order valence-corrected chi connectivity index (χ0v) is 8.77. The molecule has 0 aliphatic heterocycles. The van der Waals surface area contributed by atoms with E-state index in [2.05, 4.69) is 4.98 Å². The standard InChI is InChI=1S/C13H8F2N2/c14-11-6-3-5-10(12(11)15)13-16-8-9-4-1-2-7-17(9)13/h1-8H. The van der Waals surface area contributed by atoms with E-state index >= 15 is 0 Å². The molecule has 3 rings (SSSR count). The fraction of sp³-hybridized carbons (Fsp3) is 0. The Kier molecular flexibility index (Phi) is 2.14. The topological polar surface area (TPSA) is 17.3 Å². The molecule has 1 aromatic carbocycles. The van der Waals surface area contributed by atoms with E-state index in [1.165, 1.54) is 12.1 Å². The van der Waals surface area contributed by atoms with Crippen molar-refractivity contribution in [3.05, 3.63) is 60.4 Å². The van der Waals surface area contributed by atoms with Crippen LogP contribution in [0, 0.1) is 11.6 Å². The number of aromatic nitrogens is 2. The van der Waals surface area contributed by atoms with Gasteiger partial charge < -0.3 is 0 Å². The van der Waals surface area contributed by atoms with Gasteiger partial charge in [-0.3, -0.25) is 4.40 Å². The van der Waals surface area contributed by atoms with E-state index in [4.69, 9.17) is 0 Å². The Bertz CT molecular complexity index is 689. The quantitative estimate of drug-likeness (QED) is 0.627. The van der Waals surface area contributed by atoms with Gasteiger partial charge >= 0.3 is 0 Å². The molecule has 0 unspecified atom stereocenters. The Morgan fingerprint density at radius 2 is 1.88 bits per heavy atom. The lowest BCUT2D eigenvalue weighted by Gasteiger charge is -2.03. The second kappa shape index (κ2) is 3.66. The molecule has 0 radical (unpaired) electrons. The minimum atomic E-state index is -0.871. The molecule has 2 nitrogen and oxygen atoms in total. The Hall–Kier alpha value is -2.23.